The topological polar surface area (TPSA) is 92.9 Å². The molecule has 7 nitrogen and oxygen atoms in total. The number of hydrogen-bond donors (Lipinski definition) is 0. The molecule has 0 bridgehead atoms. The van der Waals surface area contributed by atoms with Crippen molar-refractivity contribution in [3.05, 3.63) is 63.2 Å². The highest BCUT2D eigenvalue weighted by Gasteiger charge is 2.25. The van der Waals surface area contributed by atoms with Crippen molar-refractivity contribution in [2.75, 3.05) is 13.1 Å². The van der Waals surface area contributed by atoms with Gasteiger partial charge in [-0.3, -0.25) is 15.1 Å². The quantitative estimate of drug-likeness (QED) is 0.422. The van der Waals surface area contributed by atoms with Crippen LogP contribution in [0.4, 0.5) is 11.4 Å². The first kappa shape index (κ1) is 19.5. The summed E-state index contributed by atoms with van der Waals surface area (Å²) in [4.78, 5) is 14.9. The third-order valence-electron chi connectivity index (χ3n) is 4.32. The summed E-state index contributed by atoms with van der Waals surface area (Å²) in [6, 6.07) is 10.7. The number of nitro groups is 1. The number of hydrogen-bond acceptors (Lipinski definition) is 5. The van der Waals surface area contributed by atoms with Crippen LogP contribution in [0.15, 0.2) is 52.4 Å². The Morgan fingerprint density at radius 3 is 2.37 bits per heavy atom. The summed E-state index contributed by atoms with van der Waals surface area (Å²) in [6.07, 6.45) is 4.30. The van der Waals surface area contributed by atoms with E-state index in [-0.39, 0.29) is 15.6 Å². The third-order valence-corrected chi connectivity index (χ3v) is 6.55. The first-order valence-corrected chi connectivity index (χ1v) is 10.3. The first-order chi connectivity index (χ1) is 12.9. The molecule has 2 aromatic rings. The summed E-state index contributed by atoms with van der Waals surface area (Å²) in [5.41, 5.74) is 0.880. The van der Waals surface area contributed by atoms with Crippen molar-refractivity contribution in [2.24, 2.45) is 4.99 Å². The molecule has 0 unspecified atom stereocenters. The molecule has 0 spiro atoms. The Morgan fingerprint density at radius 2 is 1.74 bits per heavy atom. The van der Waals surface area contributed by atoms with Crippen LogP contribution in [0.2, 0.25) is 5.02 Å². The minimum absolute atomic E-state index is 0.0597. The fraction of sp³-hybridized carbons (Fsp3) is 0.278. The van der Waals surface area contributed by atoms with Crippen LogP contribution in [-0.4, -0.2) is 37.0 Å². The summed E-state index contributed by atoms with van der Waals surface area (Å²) in [7, 11) is -3.47. The van der Waals surface area contributed by atoms with Gasteiger partial charge in [-0.25, -0.2) is 8.42 Å². The van der Waals surface area contributed by atoms with E-state index in [1.165, 1.54) is 34.8 Å². The lowest BCUT2D eigenvalue weighted by Gasteiger charge is -2.25. The largest absolute Gasteiger partial charge is 0.288 e. The van der Waals surface area contributed by atoms with Gasteiger partial charge in [0.2, 0.25) is 10.0 Å². The second-order valence-electron chi connectivity index (χ2n) is 6.18. The Kier molecular flexibility index (Phi) is 5.88. The smallest absolute Gasteiger partial charge is 0.258 e. The van der Waals surface area contributed by atoms with Crippen LogP contribution in [0.3, 0.4) is 0 Å². The summed E-state index contributed by atoms with van der Waals surface area (Å²) in [6.45, 7) is 1.11. The molecule has 0 radical (unpaired) electrons. The molecule has 0 N–H and O–H groups in total. The minimum Gasteiger partial charge on any atom is -0.258 e. The van der Waals surface area contributed by atoms with Crippen LogP contribution in [0.25, 0.3) is 0 Å². The van der Waals surface area contributed by atoms with Crippen LogP contribution in [-0.2, 0) is 10.0 Å². The third kappa shape index (κ3) is 4.52. The van der Waals surface area contributed by atoms with Gasteiger partial charge in [0.25, 0.3) is 5.69 Å². The standard InChI is InChI=1S/C18H18ClN3O4S/c19-17-9-4-14(12-18(17)22(23)24)13-20-15-5-7-16(8-6-15)27(25,26)21-10-2-1-3-11-21/h4-9,12-13H,1-3,10-11H2. The molecule has 0 saturated carbocycles. The number of halogens is 1. The lowest BCUT2D eigenvalue weighted by molar-refractivity contribution is -0.384. The molecule has 142 valence electrons. The van der Waals surface area contributed by atoms with Gasteiger partial charge in [-0.05, 0) is 48.7 Å². The number of benzene rings is 2. The van der Waals surface area contributed by atoms with Crippen LogP contribution in [0.1, 0.15) is 24.8 Å². The lowest BCUT2D eigenvalue weighted by atomic mass is 10.2. The van der Waals surface area contributed by atoms with Gasteiger partial charge >= 0.3 is 0 Å². The zero-order chi connectivity index (χ0) is 19.4. The number of rotatable bonds is 5. The maximum atomic E-state index is 12.6. The van der Waals surface area contributed by atoms with Crippen molar-refractivity contribution in [1.29, 1.82) is 0 Å². The SMILES string of the molecule is O=[N+]([O-])c1cc(C=Nc2ccc(S(=O)(=O)N3CCCCC3)cc2)ccc1Cl. The van der Waals surface area contributed by atoms with Crippen LogP contribution in [0, 0.1) is 10.1 Å². The van der Waals surface area contributed by atoms with Gasteiger partial charge in [0, 0.05) is 25.4 Å². The van der Waals surface area contributed by atoms with Crippen LogP contribution < -0.4 is 0 Å². The predicted molar refractivity (Wildman–Crippen MR) is 104 cm³/mol. The number of sulfonamides is 1. The van der Waals surface area contributed by atoms with E-state index in [1.807, 2.05) is 0 Å². The molecule has 0 aromatic heterocycles. The van der Waals surface area contributed by atoms with Gasteiger partial charge in [0.15, 0.2) is 0 Å². The number of piperidine rings is 1. The van der Waals surface area contributed by atoms with Crippen molar-refractivity contribution in [3.63, 3.8) is 0 Å². The second-order valence-corrected chi connectivity index (χ2v) is 8.53. The molecule has 2 aromatic carbocycles. The van der Waals surface area contributed by atoms with E-state index in [1.54, 1.807) is 18.2 Å². The van der Waals surface area contributed by atoms with Gasteiger partial charge in [-0.15, -0.1) is 0 Å². The van der Waals surface area contributed by atoms with Gasteiger partial charge < -0.3 is 0 Å². The van der Waals surface area contributed by atoms with Gasteiger partial charge in [-0.2, -0.15) is 4.31 Å². The molecular weight excluding hydrogens is 390 g/mol. The van der Waals surface area contributed by atoms with Crippen molar-refractivity contribution >= 4 is 39.2 Å². The fourth-order valence-corrected chi connectivity index (χ4v) is 4.56. The molecule has 1 fully saturated rings. The normalized spacial score (nSPS) is 15.9. The van der Waals surface area contributed by atoms with E-state index in [0.29, 0.717) is 24.3 Å². The zero-order valence-corrected chi connectivity index (χ0v) is 16.0. The average molecular weight is 408 g/mol. The van der Waals surface area contributed by atoms with E-state index in [4.69, 9.17) is 11.6 Å². The van der Waals surface area contributed by atoms with E-state index in [9.17, 15) is 18.5 Å². The Labute approximate surface area is 162 Å². The molecule has 0 atom stereocenters. The number of nitrogens with zero attached hydrogens (tertiary/aromatic N) is 3. The van der Waals surface area contributed by atoms with E-state index >= 15 is 0 Å². The molecular formula is C18H18ClN3O4S. The fourth-order valence-electron chi connectivity index (χ4n) is 2.86. The maximum Gasteiger partial charge on any atom is 0.288 e. The number of nitro benzene ring substituents is 1. The Morgan fingerprint density at radius 1 is 1.07 bits per heavy atom. The summed E-state index contributed by atoms with van der Waals surface area (Å²) < 4.78 is 26.8. The summed E-state index contributed by atoms with van der Waals surface area (Å²) >= 11 is 5.79. The van der Waals surface area contributed by atoms with E-state index in [0.717, 1.165) is 19.3 Å². The van der Waals surface area contributed by atoms with Crippen molar-refractivity contribution < 1.29 is 13.3 Å². The Bertz CT molecular complexity index is 969. The monoisotopic (exact) mass is 407 g/mol. The summed E-state index contributed by atoms with van der Waals surface area (Å²) in [5, 5.41) is 11.0. The highest BCUT2D eigenvalue weighted by molar-refractivity contribution is 7.89. The van der Waals surface area contributed by atoms with Gasteiger partial charge in [0.1, 0.15) is 5.02 Å². The lowest BCUT2D eigenvalue weighted by Crippen LogP contribution is -2.35. The molecule has 0 aliphatic carbocycles. The predicted octanol–water partition coefficient (Wildman–Crippen LogP) is 4.17. The molecule has 1 heterocycles. The maximum absolute atomic E-state index is 12.6. The minimum atomic E-state index is -3.47. The van der Waals surface area contributed by atoms with Crippen molar-refractivity contribution in [3.8, 4) is 0 Å². The zero-order valence-electron chi connectivity index (χ0n) is 14.4. The molecule has 0 amide bonds. The molecule has 27 heavy (non-hydrogen) atoms. The molecule has 9 heteroatoms. The highest BCUT2D eigenvalue weighted by atomic mass is 35.5. The van der Waals surface area contributed by atoms with Crippen LogP contribution in [0.5, 0.6) is 0 Å². The van der Waals surface area contributed by atoms with Gasteiger partial charge in [-0.1, -0.05) is 24.1 Å². The highest BCUT2D eigenvalue weighted by Crippen LogP contribution is 2.25. The van der Waals surface area contributed by atoms with E-state index in [2.05, 4.69) is 4.99 Å². The first-order valence-electron chi connectivity index (χ1n) is 8.46. The second kappa shape index (κ2) is 8.16. The average Bonchev–Trinajstić information content (AvgIpc) is 2.68. The van der Waals surface area contributed by atoms with Gasteiger partial charge in [0.05, 0.1) is 15.5 Å². The number of aliphatic imine (C=N–C) groups is 1. The van der Waals surface area contributed by atoms with E-state index < -0.39 is 14.9 Å². The van der Waals surface area contributed by atoms with Crippen molar-refractivity contribution in [1.82, 2.24) is 4.31 Å². The Hall–Kier alpha value is -2.29. The summed E-state index contributed by atoms with van der Waals surface area (Å²) in [5.74, 6) is 0. The molecule has 1 aliphatic rings. The molecule has 1 aliphatic heterocycles. The van der Waals surface area contributed by atoms with Crippen molar-refractivity contribution in [2.45, 2.75) is 24.2 Å². The molecule has 3 rings (SSSR count). The van der Waals surface area contributed by atoms with Crippen LogP contribution >= 0.6 is 11.6 Å². The Balaban J connectivity index is 1.77. The molecule has 1 saturated heterocycles.